The second-order valence-electron chi connectivity index (χ2n) is 3.16. The van der Waals surface area contributed by atoms with Gasteiger partial charge in [0.15, 0.2) is 0 Å². The molecule has 0 amide bonds. The van der Waals surface area contributed by atoms with Gasteiger partial charge in [-0.2, -0.15) is 0 Å². The van der Waals surface area contributed by atoms with Crippen LogP contribution in [0, 0.1) is 17.7 Å². The lowest BCUT2D eigenvalue weighted by Gasteiger charge is -1.95. The molecule has 0 saturated carbocycles. The molecule has 0 aliphatic carbocycles. The Hall–Kier alpha value is -1.30. The highest BCUT2D eigenvalue weighted by atomic mass is 79.9. The van der Waals surface area contributed by atoms with E-state index >= 15 is 0 Å². The molecule has 0 fully saturated rings. The van der Waals surface area contributed by atoms with E-state index in [1.165, 1.54) is 6.07 Å². The summed E-state index contributed by atoms with van der Waals surface area (Å²) in [7, 11) is 2.31. The maximum atomic E-state index is 13.0. The van der Waals surface area contributed by atoms with E-state index < -0.39 is 0 Å². The number of rotatable bonds is 1. The number of hydrogen-bond donors (Lipinski definition) is 2. The predicted molar refractivity (Wildman–Crippen MR) is 76.1 cm³/mol. The van der Waals surface area contributed by atoms with E-state index in [4.69, 9.17) is 11.5 Å². The van der Waals surface area contributed by atoms with Crippen molar-refractivity contribution in [3.8, 4) is 11.8 Å². The number of hydrogen-bond acceptors (Lipinski definition) is 2. The van der Waals surface area contributed by atoms with Gasteiger partial charge in [0.05, 0.1) is 10.3 Å². The van der Waals surface area contributed by atoms with Crippen LogP contribution in [0.15, 0.2) is 40.7 Å². The Morgan fingerprint density at radius 1 is 1.35 bits per heavy atom. The first kappa shape index (κ1) is 13.8. The molecule has 0 heterocycles. The second kappa shape index (κ2) is 6.44. The van der Waals surface area contributed by atoms with Gasteiger partial charge in [-0.05, 0) is 52.2 Å². The highest BCUT2D eigenvalue weighted by Crippen LogP contribution is 2.03. The Morgan fingerprint density at radius 2 is 2.06 bits per heavy atom. The lowest BCUT2D eigenvalue weighted by Crippen LogP contribution is -1.98. The summed E-state index contributed by atoms with van der Waals surface area (Å²) < 4.78 is 13.4. The summed E-state index contributed by atoms with van der Waals surface area (Å²) in [5, 5.41) is 0.476. The zero-order chi connectivity index (χ0) is 12.8. The molecular weight excluding hydrogens is 302 g/mol. The van der Waals surface area contributed by atoms with Crippen molar-refractivity contribution in [2.24, 2.45) is 11.5 Å². The first-order valence-electron chi connectivity index (χ1n) is 4.64. The van der Waals surface area contributed by atoms with Crippen LogP contribution in [0.1, 0.15) is 5.56 Å². The van der Waals surface area contributed by atoms with Gasteiger partial charge in [0, 0.05) is 10.9 Å². The molecule has 0 saturated heterocycles. The van der Waals surface area contributed by atoms with Crippen LogP contribution in [0.3, 0.4) is 0 Å². The van der Waals surface area contributed by atoms with E-state index in [0.717, 1.165) is 0 Å². The minimum atomic E-state index is -0.279. The molecule has 1 aromatic rings. The molecule has 17 heavy (non-hydrogen) atoms. The molecule has 0 aromatic heterocycles. The fourth-order valence-electron chi connectivity index (χ4n) is 0.977. The maximum absolute atomic E-state index is 13.0. The maximum Gasteiger partial charge on any atom is 0.130 e. The average molecular weight is 313 g/mol. The molecule has 0 spiro atoms. The lowest BCUT2D eigenvalue weighted by atomic mass is 10.2. The minimum Gasteiger partial charge on any atom is -0.393 e. The smallest absolute Gasteiger partial charge is 0.130 e. The van der Waals surface area contributed by atoms with Crippen LogP contribution < -0.4 is 16.8 Å². The van der Waals surface area contributed by atoms with Gasteiger partial charge in [0.2, 0.25) is 0 Å². The molecule has 1 aromatic carbocycles. The highest BCUT2D eigenvalue weighted by molar-refractivity contribution is 9.11. The zero-order valence-corrected chi connectivity index (χ0v) is 11.6. The van der Waals surface area contributed by atoms with E-state index in [1.54, 1.807) is 24.3 Å². The van der Waals surface area contributed by atoms with Gasteiger partial charge < -0.3 is 11.5 Å². The summed E-state index contributed by atoms with van der Waals surface area (Å²) in [6.07, 6.45) is 3.18. The van der Waals surface area contributed by atoms with Crippen LogP contribution in [0.25, 0.3) is 0 Å². The van der Waals surface area contributed by atoms with Crippen LogP contribution in [0.2, 0.25) is 0 Å². The Kier molecular flexibility index (Phi) is 5.21. The number of halogens is 2. The second-order valence-corrected chi connectivity index (χ2v) is 4.70. The SMILES string of the molecule is N/C(C#Cc1ccc(F)c(P)c1)=C\C=C(/N)Br. The topological polar surface area (TPSA) is 52.0 Å². The minimum absolute atomic E-state index is 0.279. The van der Waals surface area contributed by atoms with Crippen molar-refractivity contribution in [3.63, 3.8) is 0 Å². The van der Waals surface area contributed by atoms with Crippen LogP contribution in [-0.2, 0) is 0 Å². The lowest BCUT2D eigenvalue weighted by molar-refractivity contribution is 0.636. The summed E-state index contributed by atoms with van der Waals surface area (Å²) in [6.45, 7) is 0. The summed E-state index contributed by atoms with van der Waals surface area (Å²) in [5.41, 5.74) is 12.1. The van der Waals surface area contributed by atoms with Gasteiger partial charge >= 0.3 is 0 Å². The summed E-state index contributed by atoms with van der Waals surface area (Å²) in [5.74, 6) is 5.29. The van der Waals surface area contributed by atoms with Crippen molar-refractivity contribution in [3.05, 3.63) is 52.0 Å². The third kappa shape index (κ3) is 5.04. The molecule has 4 N–H and O–H groups in total. The number of nitrogens with two attached hydrogens (primary N) is 2. The number of benzene rings is 1. The van der Waals surface area contributed by atoms with Crippen LogP contribution in [0.5, 0.6) is 0 Å². The molecule has 0 aliphatic heterocycles. The predicted octanol–water partition coefficient (Wildman–Crippen LogP) is 1.72. The molecule has 1 rings (SSSR count). The largest absolute Gasteiger partial charge is 0.393 e. The Balaban J connectivity index is 2.88. The van der Waals surface area contributed by atoms with Gasteiger partial charge in [-0.3, -0.25) is 0 Å². The molecule has 5 heteroatoms. The third-order valence-electron chi connectivity index (χ3n) is 1.77. The molecular formula is C12H11BrFN2P. The fraction of sp³-hybridized carbons (Fsp3) is 0. The highest BCUT2D eigenvalue weighted by Gasteiger charge is 1.96. The molecule has 0 aliphatic rings. The van der Waals surface area contributed by atoms with Gasteiger partial charge in [-0.25, -0.2) is 4.39 Å². The Bertz CT molecular complexity index is 537. The molecule has 0 radical (unpaired) electrons. The summed E-state index contributed by atoms with van der Waals surface area (Å²) in [4.78, 5) is 0. The monoisotopic (exact) mass is 312 g/mol. The molecule has 0 bridgehead atoms. The molecule has 1 atom stereocenters. The van der Waals surface area contributed by atoms with Crippen LogP contribution in [0.4, 0.5) is 4.39 Å². The van der Waals surface area contributed by atoms with E-state index in [9.17, 15) is 4.39 Å². The van der Waals surface area contributed by atoms with Gasteiger partial charge in [0.25, 0.3) is 0 Å². The standard InChI is InChI=1S/C12H11BrFN2P/c13-12(16)6-4-9(15)3-1-8-2-5-10(14)11(17)7-8/h2,4-7H,15-17H2/b9-4-,12-6-. The molecule has 1 unspecified atom stereocenters. The van der Waals surface area contributed by atoms with Crippen molar-refractivity contribution in [1.29, 1.82) is 0 Å². The van der Waals surface area contributed by atoms with Crippen LogP contribution in [-0.4, -0.2) is 0 Å². The van der Waals surface area contributed by atoms with Crippen molar-refractivity contribution in [1.82, 2.24) is 0 Å². The van der Waals surface area contributed by atoms with Gasteiger partial charge in [-0.15, -0.1) is 9.24 Å². The normalized spacial score (nSPS) is 11.9. The van der Waals surface area contributed by atoms with Crippen molar-refractivity contribution in [2.45, 2.75) is 0 Å². The summed E-state index contributed by atoms with van der Waals surface area (Å²) >= 11 is 3.06. The first-order valence-corrected chi connectivity index (χ1v) is 6.01. The Morgan fingerprint density at radius 3 is 2.65 bits per heavy atom. The third-order valence-corrected chi connectivity index (χ3v) is 2.48. The number of allylic oxidation sites excluding steroid dienone is 3. The summed E-state index contributed by atoms with van der Waals surface area (Å²) in [6, 6.07) is 4.59. The molecule has 88 valence electrons. The van der Waals surface area contributed by atoms with Gasteiger partial charge in [-0.1, -0.05) is 5.92 Å². The van der Waals surface area contributed by atoms with Gasteiger partial charge in [0.1, 0.15) is 5.82 Å². The molecule has 2 nitrogen and oxygen atoms in total. The van der Waals surface area contributed by atoms with Crippen LogP contribution >= 0.6 is 25.2 Å². The van der Waals surface area contributed by atoms with E-state index in [1.807, 2.05) is 0 Å². The fourth-order valence-corrected chi connectivity index (χ4v) is 1.38. The average Bonchev–Trinajstić information content (AvgIpc) is 2.28. The van der Waals surface area contributed by atoms with Crippen molar-refractivity contribution in [2.75, 3.05) is 0 Å². The van der Waals surface area contributed by atoms with Crippen molar-refractivity contribution < 1.29 is 4.39 Å². The quantitative estimate of drug-likeness (QED) is 0.359. The Labute approximate surface area is 110 Å². The van der Waals surface area contributed by atoms with Crippen molar-refractivity contribution >= 4 is 30.5 Å². The first-order chi connectivity index (χ1) is 7.99. The van der Waals surface area contributed by atoms with E-state index in [2.05, 4.69) is 37.0 Å². The van der Waals surface area contributed by atoms with E-state index in [0.29, 0.717) is 21.2 Å². The zero-order valence-electron chi connectivity index (χ0n) is 8.87. The van der Waals surface area contributed by atoms with E-state index in [-0.39, 0.29) is 5.82 Å².